The van der Waals surface area contributed by atoms with Gasteiger partial charge in [-0.1, -0.05) is 12.1 Å². The van der Waals surface area contributed by atoms with Crippen LogP contribution < -0.4 is 10.5 Å². The molecule has 0 aromatic heterocycles. The Morgan fingerprint density at radius 1 is 1.12 bits per heavy atom. The van der Waals surface area contributed by atoms with Gasteiger partial charge < -0.3 is 10.5 Å². The summed E-state index contributed by atoms with van der Waals surface area (Å²) >= 11 is 0. The van der Waals surface area contributed by atoms with Crippen molar-refractivity contribution in [2.45, 2.75) is 38.2 Å². The molecule has 0 amide bonds. The summed E-state index contributed by atoms with van der Waals surface area (Å²) < 4.78 is 5.88. The molecule has 1 aliphatic rings. The molecule has 0 aliphatic heterocycles. The molecule has 0 saturated heterocycles. The van der Waals surface area contributed by atoms with Gasteiger partial charge >= 0.3 is 0 Å². The molecule has 90 valence electrons. The summed E-state index contributed by atoms with van der Waals surface area (Å²) in [6.45, 7) is 0.711. The van der Waals surface area contributed by atoms with Gasteiger partial charge in [0.05, 0.1) is 6.10 Å². The van der Waals surface area contributed by atoms with Crippen molar-refractivity contribution < 1.29 is 4.74 Å². The average molecular weight is 242 g/mol. The van der Waals surface area contributed by atoms with Crippen LogP contribution in [0.4, 0.5) is 0 Å². The lowest BCUT2D eigenvalue weighted by atomic mass is 10.1. The number of ether oxygens (including phenoxy) is 1. The Hall–Kier alpha value is -0.730. The first kappa shape index (κ1) is 13.3. The highest BCUT2D eigenvalue weighted by molar-refractivity contribution is 5.85. The predicted octanol–water partition coefficient (Wildman–Crippen LogP) is 2.93. The summed E-state index contributed by atoms with van der Waals surface area (Å²) in [6.07, 6.45) is 6.45. The lowest BCUT2D eigenvalue weighted by Gasteiger charge is -2.13. The largest absolute Gasteiger partial charge is 0.490 e. The van der Waals surface area contributed by atoms with E-state index in [0.29, 0.717) is 12.6 Å². The number of nitrogens with two attached hydrogens (primary N) is 1. The zero-order valence-corrected chi connectivity index (χ0v) is 10.3. The van der Waals surface area contributed by atoms with Gasteiger partial charge in [0.15, 0.2) is 0 Å². The maximum absolute atomic E-state index is 5.88. The summed E-state index contributed by atoms with van der Waals surface area (Å²) in [5.74, 6) is 1.00. The molecule has 1 aromatic carbocycles. The van der Waals surface area contributed by atoms with E-state index in [-0.39, 0.29) is 12.4 Å². The van der Waals surface area contributed by atoms with E-state index in [2.05, 4.69) is 24.3 Å². The van der Waals surface area contributed by atoms with Gasteiger partial charge in [-0.15, -0.1) is 12.4 Å². The van der Waals surface area contributed by atoms with Crippen molar-refractivity contribution in [3.63, 3.8) is 0 Å². The summed E-state index contributed by atoms with van der Waals surface area (Å²) in [4.78, 5) is 0. The third-order valence-corrected chi connectivity index (χ3v) is 2.96. The molecular formula is C13H20ClNO. The molecule has 2 N–H and O–H groups in total. The van der Waals surface area contributed by atoms with Crippen molar-refractivity contribution in [1.29, 1.82) is 0 Å². The SMILES string of the molecule is Cl.NCCc1ccc(OC2CCCC2)cc1. The minimum Gasteiger partial charge on any atom is -0.490 e. The molecule has 1 aliphatic carbocycles. The maximum atomic E-state index is 5.88. The Morgan fingerprint density at radius 3 is 2.31 bits per heavy atom. The predicted molar refractivity (Wildman–Crippen MR) is 69.3 cm³/mol. The number of halogens is 1. The minimum atomic E-state index is 0. The standard InChI is InChI=1S/C13H19NO.ClH/c14-10-9-11-5-7-13(8-6-11)15-12-3-1-2-4-12;/h5-8,12H,1-4,9-10,14H2;1H. The van der Waals surface area contributed by atoms with Gasteiger partial charge in [-0.25, -0.2) is 0 Å². The smallest absolute Gasteiger partial charge is 0.119 e. The molecule has 0 unspecified atom stereocenters. The van der Waals surface area contributed by atoms with Crippen molar-refractivity contribution in [2.24, 2.45) is 5.73 Å². The van der Waals surface area contributed by atoms with Crippen molar-refractivity contribution in [2.75, 3.05) is 6.54 Å². The second kappa shape index (κ2) is 6.77. The van der Waals surface area contributed by atoms with E-state index in [1.54, 1.807) is 0 Å². The molecule has 2 rings (SSSR count). The van der Waals surface area contributed by atoms with E-state index in [1.807, 2.05) is 0 Å². The first-order valence-electron chi connectivity index (χ1n) is 5.84. The monoisotopic (exact) mass is 241 g/mol. The van der Waals surface area contributed by atoms with Crippen LogP contribution in [0.2, 0.25) is 0 Å². The van der Waals surface area contributed by atoms with Gasteiger partial charge in [-0.05, 0) is 56.3 Å². The van der Waals surface area contributed by atoms with Crippen molar-refractivity contribution in [3.8, 4) is 5.75 Å². The summed E-state index contributed by atoms with van der Waals surface area (Å²) in [5.41, 5.74) is 6.79. The van der Waals surface area contributed by atoms with Crippen molar-refractivity contribution >= 4 is 12.4 Å². The van der Waals surface area contributed by atoms with E-state index in [1.165, 1.54) is 31.2 Å². The number of hydrogen-bond acceptors (Lipinski definition) is 2. The lowest BCUT2D eigenvalue weighted by Crippen LogP contribution is -2.10. The van der Waals surface area contributed by atoms with E-state index >= 15 is 0 Å². The molecule has 0 spiro atoms. The fourth-order valence-corrected chi connectivity index (χ4v) is 2.10. The van der Waals surface area contributed by atoms with Crippen LogP contribution in [0.3, 0.4) is 0 Å². The van der Waals surface area contributed by atoms with Gasteiger partial charge in [0.1, 0.15) is 5.75 Å². The molecule has 3 heteroatoms. The van der Waals surface area contributed by atoms with Crippen LogP contribution in [-0.2, 0) is 6.42 Å². The Kier molecular flexibility index (Phi) is 5.64. The van der Waals surface area contributed by atoms with E-state index in [4.69, 9.17) is 10.5 Å². The van der Waals surface area contributed by atoms with Gasteiger partial charge in [0.2, 0.25) is 0 Å². The number of benzene rings is 1. The number of hydrogen-bond donors (Lipinski definition) is 1. The third-order valence-electron chi connectivity index (χ3n) is 2.96. The van der Waals surface area contributed by atoms with E-state index < -0.39 is 0 Å². The summed E-state index contributed by atoms with van der Waals surface area (Å²) in [5, 5.41) is 0. The van der Waals surface area contributed by atoms with Crippen LogP contribution in [-0.4, -0.2) is 12.6 Å². The average Bonchev–Trinajstić information content (AvgIpc) is 2.74. The Balaban J connectivity index is 0.00000128. The zero-order chi connectivity index (χ0) is 10.5. The van der Waals surface area contributed by atoms with Gasteiger partial charge in [0.25, 0.3) is 0 Å². The van der Waals surface area contributed by atoms with Crippen LogP contribution in [0.1, 0.15) is 31.2 Å². The van der Waals surface area contributed by atoms with Crippen LogP contribution in [0.25, 0.3) is 0 Å². The Labute approximate surface area is 104 Å². The van der Waals surface area contributed by atoms with Crippen LogP contribution >= 0.6 is 12.4 Å². The molecule has 0 atom stereocenters. The van der Waals surface area contributed by atoms with Crippen LogP contribution in [0, 0.1) is 0 Å². The molecule has 16 heavy (non-hydrogen) atoms. The maximum Gasteiger partial charge on any atom is 0.119 e. The molecule has 0 heterocycles. The highest BCUT2D eigenvalue weighted by atomic mass is 35.5. The Morgan fingerprint density at radius 2 is 1.75 bits per heavy atom. The second-order valence-electron chi connectivity index (χ2n) is 4.21. The van der Waals surface area contributed by atoms with Crippen LogP contribution in [0.15, 0.2) is 24.3 Å². The first-order valence-corrected chi connectivity index (χ1v) is 5.84. The quantitative estimate of drug-likeness (QED) is 0.880. The molecule has 0 bridgehead atoms. The molecule has 2 nitrogen and oxygen atoms in total. The van der Waals surface area contributed by atoms with Crippen molar-refractivity contribution in [3.05, 3.63) is 29.8 Å². The van der Waals surface area contributed by atoms with Gasteiger partial charge in [-0.3, -0.25) is 0 Å². The van der Waals surface area contributed by atoms with Gasteiger partial charge in [-0.2, -0.15) is 0 Å². The van der Waals surface area contributed by atoms with Crippen LogP contribution in [0.5, 0.6) is 5.75 Å². The summed E-state index contributed by atoms with van der Waals surface area (Å²) in [6, 6.07) is 8.33. The van der Waals surface area contributed by atoms with Gasteiger partial charge in [0, 0.05) is 0 Å². The fraction of sp³-hybridized carbons (Fsp3) is 0.538. The fourth-order valence-electron chi connectivity index (χ4n) is 2.10. The molecule has 1 saturated carbocycles. The molecular weight excluding hydrogens is 222 g/mol. The van der Waals surface area contributed by atoms with Crippen molar-refractivity contribution in [1.82, 2.24) is 0 Å². The topological polar surface area (TPSA) is 35.2 Å². The summed E-state index contributed by atoms with van der Waals surface area (Å²) in [7, 11) is 0. The Bertz CT molecular complexity index is 293. The number of rotatable bonds is 4. The third kappa shape index (κ3) is 3.69. The lowest BCUT2D eigenvalue weighted by molar-refractivity contribution is 0.210. The minimum absolute atomic E-state index is 0. The second-order valence-corrected chi connectivity index (χ2v) is 4.21. The van der Waals surface area contributed by atoms with E-state index in [0.717, 1.165) is 12.2 Å². The molecule has 1 fully saturated rings. The first-order chi connectivity index (χ1) is 7.38. The highest BCUT2D eigenvalue weighted by Crippen LogP contribution is 2.24. The normalized spacial score (nSPS) is 15.8. The molecule has 1 aromatic rings. The highest BCUT2D eigenvalue weighted by Gasteiger charge is 2.16. The zero-order valence-electron chi connectivity index (χ0n) is 9.52. The van der Waals surface area contributed by atoms with E-state index in [9.17, 15) is 0 Å². The molecule has 0 radical (unpaired) electrons.